The smallest absolute Gasteiger partial charge is 0.266 e. The second-order valence-electron chi connectivity index (χ2n) is 4.53. The number of halogens is 2. The molecule has 0 spiro atoms. The van der Waals surface area contributed by atoms with Crippen molar-refractivity contribution in [1.29, 1.82) is 5.26 Å². The molecule has 0 fully saturated rings. The van der Waals surface area contributed by atoms with Gasteiger partial charge in [-0.15, -0.1) is 11.3 Å². The highest BCUT2D eigenvalue weighted by atomic mass is 79.9. The molecule has 0 atom stereocenters. The predicted molar refractivity (Wildman–Crippen MR) is 88.2 cm³/mol. The van der Waals surface area contributed by atoms with E-state index in [1.807, 2.05) is 18.2 Å². The molecule has 108 valence electrons. The molecular weight excluding hydrogens is 367 g/mol. The van der Waals surface area contributed by atoms with Gasteiger partial charge in [-0.25, -0.2) is 4.39 Å². The number of hydrogen-bond acceptors (Lipinski definition) is 3. The molecule has 3 aromatic rings. The van der Waals surface area contributed by atoms with Crippen LogP contribution in [0, 0.1) is 17.1 Å². The monoisotopic (exact) mass is 374 g/mol. The third kappa shape index (κ3) is 2.73. The Labute approximate surface area is 137 Å². The lowest BCUT2D eigenvalue weighted by atomic mass is 10.0. The van der Waals surface area contributed by atoms with E-state index in [9.17, 15) is 14.4 Å². The Bertz CT molecular complexity index is 955. The number of aromatic amines is 1. The quantitative estimate of drug-likeness (QED) is 0.715. The number of nitrogens with one attached hydrogen (secondary N) is 1. The van der Waals surface area contributed by atoms with Gasteiger partial charge in [0.25, 0.3) is 5.56 Å². The van der Waals surface area contributed by atoms with Gasteiger partial charge in [0, 0.05) is 5.56 Å². The summed E-state index contributed by atoms with van der Waals surface area (Å²) in [4.78, 5) is 15.7. The minimum Gasteiger partial charge on any atom is -0.320 e. The largest absolute Gasteiger partial charge is 0.320 e. The maximum absolute atomic E-state index is 13.4. The molecular formula is C16H8BrFN2OS. The van der Waals surface area contributed by atoms with Crippen molar-refractivity contribution in [3.05, 3.63) is 68.0 Å². The first kappa shape index (κ1) is 14.7. The van der Waals surface area contributed by atoms with Gasteiger partial charge < -0.3 is 4.98 Å². The number of nitrogens with zero attached hydrogens (tertiary/aromatic N) is 1. The molecule has 0 aliphatic rings. The fourth-order valence-electron chi connectivity index (χ4n) is 2.15. The van der Waals surface area contributed by atoms with E-state index in [-0.39, 0.29) is 5.56 Å². The lowest BCUT2D eigenvalue weighted by Crippen LogP contribution is -2.12. The number of nitriles is 1. The number of thiophene rings is 1. The Morgan fingerprint density at radius 2 is 2.05 bits per heavy atom. The van der Waals surface area contributed by atoms with E-state index in [1.54, 1.807) is 18.2 Å². The van der Waals surface area contributed by atoms with Gasteiger partial charge in [-0.3, -0.25) is 4.79 Å². The van der Waals surface area contributed by atoms with Crippen LogP contribution in [0.2, 0.25) is 0 Å². The van der Waals surface area contributed by atoms with E-state index in [0.29, 0.717) is 16.8 Å². The van der Waals surface area contributed by atoms with Gasteiger partial charge in [-0.05, 0) is 51.8 Å². The molecule has 0 unspecified atom stereocenters. The third-order valence-corrected chi connectivity index (χ3v) is 4.78. The average Bonchev–Trinajstić information content (AvgIpc) is 2.93. The standard InChI is InChI=1S/C16H8BrFN2OS/c17-15-5-4-14(22-15)13-7-11(12(8-19)16(21)20-13)9-2-1-3-10(18)6-9/h1-7H,(H,20,21). The number of rotatable bonds is 2. The maximum atomic E-state index is 13.4. The summed E-state index contributed by atoms with van der Waals surface area (Å²) in [6.07, 6.45) is 0. The number of benzene rings is 1. The molecule has 22 heavy (non-hydrogen) atoms. The van der Waals surface area contributed by atoms with Crippen LogP contribution in [0.15, 0.2) is 51.0 Å². The second kappa shape index (κ2) is 5.87. The van der Waals surface area contributed by atoms with E-state index in [4.69, 9.17) is 0 Å². The Morgan fingerprint density at radius 3 is 2.68 bits per heavy atom. The van der Waals surface area contributed by atoms with Crippen molar-refractivity contribution in [1.82, 2.24) is 4.98 Å². The molecule has 0 aliphatic heterocycles. The molecule has 1 N–H and O–H groups in total. The highest BCUT2D eigenvalue weighted by Gasteiger charge is 2.13. The summed E-state index contributed by atoms with van der Waals surface area (Å²) >= 11 is 4.83. The van der Waals surface area contributed by atoms with Crippen molar-refractivity contribution in [2.75, 3.05) is 0 Å². The van der Waals surface area contributed by atoms with E-state index in [1.165, 1.54) is 23.5 Å². The normalized spacial score (nSPS) is 10.4. The van der Waals surface area contributed by atoms with Crippen molar-refractivity contribution in [2.45, 2.75) is 0 Å². The summed E-state index contributed by atoms with van der Waals surface area (Å²) in [7, 11) is 0. The van der Waals surface area contributed by atoms with Crippen LogP contribution in [0.5, 0.6) is 0 Å². The van der Waals surface area contributed by atoms with Gasteiger partial charge in [-0.2, -0.15) is 5.26 Å². The van der Waals surface area contributed by atoms with Crippen LogP contribution in [0.1, 0.15) is 5.56 Å². The second-order valence-corrected chi connectivity index (χ2v) is 6.99. The van der Waals surface area contributed by atoms with Gasteiger partial charge in [0.1, 0.15) is 17.4 Å². The Hall–Kier alpha value is -2.23. The van der Waals surface area contributed by atoms with Crippen molar-refractivity contribution in [2.24, 2.45) is 0 Å². The molecule has 2 aromatic heterocycles. The zero-order chi connectivity index (χ0) is 15.7. The molecule has 0 saturated heterocycles. The van der Waals surface area contributed by atoms with Gasteiger partial charge in [0.15, 0.2) is 0 Å². The van der Waals surface area contributed by atoms with E-state index >= 15 is 0 Å². The van der Waals surface area contributed by atoms with Crippen molar-refractivity contribution < 1.29 is 4.39 Å². The first-order valence-electron chi connectivity index (χ1n) is 6.27. The topological polar surface area (TPSA) is 56.6 Å². The van der Waals surface area contributed by atoms with Crippen LogP contribution in [0.3, 0.4) is 0 Å². The van der Waals surface area contributed by atoms with E-state index in [2.05, 4.69) is 20.9 Å². The number of H-pyrrole nitrogens is 1. The minimum atomic E-state index is -0.483. The SMILES string of the molecule is N#Cc1c(-c2cccc(F)c2)cc(-c2ccc(Br)s2)[nH]c1=O. The lowest BCUT2D eigenvalue weighted by molar-refractivity contribution is 0.628. The molecule has 0 aliphatic carbocycles. The van der Waals surface area contributed by atoms with Gasteiger partial charge in [-0.1, -0.05) is 12.1 Å². The summed E-state index contributed by atoms with van der Waals surface area (Å²) < 4.78 is 14.4. The molecule has 0 saturated carbocycles. The van der Waals surface area contributed by atoms with Crippen LogP contribution < -0.4 is 5.56 Å². The molecule has 1 aromatic carbocycles. The Balaban J connectivity index is 2.26. The van der Waals surface area contributed by atoms with Crippen molar-refractivity contribution in [3.8, 4) is 27.8 Å². The average molecular weight is 375 g/mol. The zero-order valence-corrected chi connectivity index (χ0v) is 13.5. The van der Waals surface area contributed by atoms with Crippen molar-refractivity contribution in [3.63, 3.8) is 0 Å². The van der Waals surface area contributed by atoms with Crippen LogP contribution in [-0.4, -0.2) is 4.98 Å². The predicted octanol–water partition coefficient (Wildman–Crippen LogP) is 4.54. The molecule has 2 heterocycles. The summed E-state index contributed by atoms with van der Waals surface area (Å²) in [5.41, 5.74) is 1.01. The summed E-state index contributed by atoms with van der Waals surface area (Å²) in [6.45, 7) is 0. The Kier molecular flexibility index (Phi) is 3.92. The number of aromatic nitrogens is 1. The van der Waals surface area contributed by atoms with Crippen LogP contribution in [0.4, 0.5) is 4.39 Å². The van der Waals surface area contributed by atoms with Gasteiger partial charge in [0.05, 0.1) is 14.4 Å². The minimum absolute atomic E-state index is 0.0232. The lowest BCUT2D eigenvalue weighted by Gasteiger charge is -2.07. The van der Waals surface area contributed by atoms with Crippen LogP contribution >= 0.6 is 27.3 Å². The Morgan fingerprint density at radius 1 is 1.23 bits per heavy atom. The highest BCUT2D eigenvalue weighted by Crippen LogP contribution is 2.32. The zero-order valence-electron chi connectivity index (χ0n) is 11.1. The third-order valence-electron chi connectivity index (χ3n) is 3.12. The maximum Gasteiger partial charge on any atom is 0.266 e. The highest BCUT2D eigenvalue weighted by molar-refractivity contribution is 9.11. The molecule has 0 amide bonds. The van der Waals surface area contributed by atoms with Gasteiger partial charge in [0.2, 0.25) is 0 Å². The number of hydrogen-bond donors (Lipinski definition) is 1. The van der Waals surface area contributed by atoms with E-state index < -0.39 is 11.4 Å². The fourth-order valence-corrected chi connectivity index (χ4v) is 3.50. The van der Waals surface area contributed by atoms with Crippen LogP contribution in [-0.2, 0) is 0 Å². The van der Waals surface area contributed by atoms with Gasteiger partial charge >= 0.3 is 0 Å². The molecule has 0 radical (unpaired) electrons. The first-order valence-corrected chi connectivity index (χ1v) is 7.88. The summed E-state index contributed by atoms with van der Waals surface area (Å²) in [5.74, 6) is -0.415. The number of pyridine rings is 1. The van der Waals surface area contributed by atoms with Crippen molar-refractivity contribution >= 4 is 27.3 Å². The van der Waals surface area contributed by atoms with Crippen LogP contribution in [0.25, 0.3) is 21.7 Å². The molecule has 3 rings (SSSR count). The van der Waals surface area contributed by atoms with E-state index in [0.717, 1.165) is 8.66 Å². The molecule has 3 nitrogen and oxygen atoms in total. The fraction of sp³-hybridized carbons (Fsp3) is 0. The molecule has 6 heteroatoms. The molecule has 0 bridgehead atoms. The first-order chi connectivity index (χ1) is 10.6. The summed E-state index contributed by atoms with van der Waals surface area (Å²) in [5, 5.41) is 9.23. The summed E-state index contributed by atoms with van der Waals surface area (Å²) in [6, 6.07) is 13.2.